The van der Waals surface area contributed by atoms with Crippen LogP contribution in [0.4, 0.5) is 0 Å². The fourth-order valence-corrected chi connectivity index (χ4v) is 3.65. The van der Waals surface area contributed by atoms with Crippen molar-refractivity contribution in [2.75, 3.05) is 13.7 Å². The Morgan fingerprint density at radius 1 is 1.15 bits per heavy atom. The number of hydrogen-bond acceptors (Lipinski definition) is 4. The lowest BCUT2D eigenvalue weighted by atomic mass is 10.1. The molecule has 0 saturated heterocycles. The molecule has 0 aliphatic rings. The first-order valence-corrected chi connectivity index (χ1v) is 12.7. The molecule has 0 unspecified atom stereocenters. The van der Waals surface area contributed by atoms with Gasteiger partial charge in [0.1, 0.15) is 17.5 Å². The third-order valence-corrected chi connectivity index (χ3v) is 6.08. The molecule has 0 saturated carbocycles. The van der Waals surface area contributed by atoms with Gasteiger partial charge in [0.25, 0.3) is 0 Å². The van der Waals surface area contributed by atoms with Crippen molar-refractivity contribution in [1.29, 1.82) is 0 Å². The maximum absolute atomic E-state index is 6.13. The average molecular weight is 390 g/mol. The van der Waals surface area contributed by atoms with Crippen LogP contribution in [0.3, 0.4) is 0 Å². The SMILES string of the molecule is COc1ncccc1-c1cn(COCC[Si](C)(C)C)c2nc(Cl)ccc12. The molecule has 0 N–H and O–H groups in total. The zero-order valence-electron chi connectivity index (χ0n) is 15.6. The molecule has 0 atom stereocenters. The summed E-state index contributed by atoms with van der Waals surface area (Å²) in [4.78, 5) is 8.81. The molecular formula is C19H24ClN3O2Si. The van der Waals surface area contributed by atoms with Crippen LogP contribution in [0, 0.1) is 0 Å². The van der Waals surface area contributed by atoms with E-state index in [1.165, 1.54) is 0 Å². The van der Waals surface area contributed by atoms with Gasteiger partial charge in [-0.15, -0.1) is 0 Å². The standard InChI is InChI=1S/C19H24ClN3O2Si/c1-24-19-15(6-5-9-21-19)16-12-23(13-25-10-11-26(2,3)4)18-14(16)7-8-17(20)22-18/h5-9,12H,10-11,13H2,1-4H3. The zero-order chi connectivity index (χ0) is 18.7. The Balaban J connectivity index is 1.95. The summed E-state index contributed by atoms with van der Waals surface area (Å²) in [5.41, 5.74) is 2.72. The zero-order valence-corrected chi connectivity index (χ0v) is 17.4. The van der Waals surface area contributed by atoms with E-state index in [9.17, 15) is 0 Å². The molecule has 0 bridgehead atoms. The maximum atomic E-state index is 6.13. The predicted molar refractivity (Wildman–Crippen MR) is 109 cm³/mol. The van der Waals surface area contributed by atoms with Crippen LogP contribution in [0.1, 0.15) is 0 Å². The molecule has 138 valence electrons. The summed E-state index contributed by atoms with van der Waals surface area (Å²) in [5.74, 6) is 0.584. The smallest absolute Gasteiger partial charge is 0.221 e. The number of halogens is 1. The van der Waals surface area contributed by atoms with Gasteiger partial charge < -0.3 is 14.0 Å². The molecule has 0 spiro atoms. The highest BCUT2D eigenvalue weighted by molar-refractivity contribution is 6.76. The van der Waals surface area contributed by atoms with E-state index < -0.39 is 8.07 Å². The van der Waals surface area contributed by atoms with Crippen LogP contribution in [0.5, 0.6) is 5.88 Å². The van der Waals surface area contributed by atoms with Crippen LogP contribution in [-0.4, -0.2) is 36.3 Å². The van der Waals surface area contributed by atoms with Gasteiger partial charge >= 0.3 is 0 Å². The van der Waals surface area contributed by atoms with E-state index in [4.69, 9.17) is 21.1 Å². The molecule has 7 heteroatoms. The highest BCUT2D eigenvalue weighted by atomic mass is 35.5. The number of nitrogens with zero attached hydrogens (tertiary/aromatic N) is 3. The molecule has 0 fully saturated rings. The van der Waals surface area contributed by atoms with Crippen LogP contribution in [-0.2, 0) is 11.5 Å². The average Bonchev–Trinajstić information content (AvgIpc) is 2.95. The largest absolute Gasteiger partial charge is 0.481 e. The number of pyridine rings is 2. The molecule has 5 nitrogen and oxygen atoms in total. The van der Waals surface area contributed by atoms with Crippen molar-refractivity contribution in [3.8, 4) is 17.0 Å². The Labute approximate surface area is 159 Å². The summed E-state index contributed by atoms with van der Waals surface area (Å²) in [7, 11) is 0.511. The molecule has 0 aromatic carbocycles. The van der Waals surface area contributed by atoms with E-state index in [0.29, 0.717) is 17.8 Å². The lowest BCUT2D eigenvalue weighted by Gasteiger charge is -2.15. The van der Waals surface area contributed by atoms with Crippen molar-refractivity contribution >= 4 is 30.7 Å². The second-order valence-electron chi connectivity index (χ2n) is 7.43. The van der Waals surface area contributed by atoms with E-state index >= 15 is 0 Å². The van der Waals surface area contributed by atoms with Crippen LogP contribution < -0.4 is 4.74 Å². The van der Waals surface area contributed by atoms with Crippen LogP contribution in [0.2, 0.25) is 30.8 Å². The molecule has 3 rings (SSSR count). The highest BCUT2D eigenvalue weighted by Crippen LogP contribution is 2.35. The summed E-state index contributed by atoms with van der Waals surface area (Å²) in [6.07, 6.45) is 3.75. The van der Waals surface area contributed by atoms with Gasteiger partial charge in [-0.05, 0) is 30.3 Å². The maximum Gasteiger partial charge on any atom is 0.221 e. The van der Waals surface area contributed by atoms with Gasteiger partial charge in [0.2, 0.25) is 5.88 Å². The minimum Gasteiger partial charge on any atom is -0.481 e. The third kappa shape index (κ3) is 4.26. The van der Waals surface area contributed by atoms with E-state index in [0.717, 1.165) is 34.8 Å². The summed E-state index contributed by atoms with van der Waals surface area (Å²) < 4.78 is 13.3. The van der Waals surface area contributed by atoms with Crippen molar-refractivity contribution < 1.29 is 9.47 Å². The minimum absolute atomic E-state index is 0.441. The van der Waals surface area contributed by atoms with Crippen molar-refractivity contribution in [3.05, 3.63) is 41.8 Å². The summed E-state index contributed by atoms with van der Waals surface area (Å²) in [6.45, 7) is 8.22. The van der Waals surface area contributed by atoms with Crippen LogP contribution >= 0.6 is 11.6 Å². The van der Waals surface area contributed by atoms with Gasteiger partial charge in [0.15, 0.2) is 0 Å². The number of rotatable bonds is 7. The first-order chi connectivity index (χ1) is 12.4. The first-order valence-electron chi connectivity index (χ1n) is 8.61. The van der Waals surface area contributed by atoms with Gasteiger partial charge in [-0.1, -0.05) is 31.2 Å². The molecule has 26 heavy (non-hydrogen) atoms. The van der Waals surface area contributed by atoms with Gasteiger partial charge in [-0.3, -0.25) is 0 Å². The van der Waals surface area contributed by atoms with Gasteiger partial charge in [-0.2, -0.15) is 0 Å². The first kappa shape index (κ1) is 18.9. The Morgan fingerprint density at radius 2 is 1.96 bits per heavy atom. The molecule has 3 aromatic heterocycles. The second kappa shape index (κ2) is 7.78. The molecule has 0 amide bonds. The van der Waals surface area contributed by atoms with Crippen molar-refractivity contribution in [3.63, 3.8) is 0 Å². The van der Waals surface area contributed by atoms with Gasteiger partial charge in [0, 0.05) is 43.6 Å². The quantitative estimate of drug-likeness (QED) is 0.321. The van der Waals surface area contributed by atoms with Crippen molar-refractivity contribution in [1.82, 2.24) is 14.5 Å². The van der Waals surface area contributed by atoms with Crippen LogP contribution in [0.25, 0.3) is 22.2 Å². The summed E-state index contributed by atoms with van der Waals surface area (Å²) >= 11 is 6.13. The van der Waals surface area contributed by atoms with Crippen molar-refractivity contribution in [2.45, 2.75) is 32.4 Å². The number of fused-ring (bicyclic) bond motifs is 1. The Morgan fingerprint density at radius 3 is 2.69 bits per heavy atom. The normalized spacial score (nSPS) is 11.9. The number of aromatic nitrogens is 3. The lowest BCUT2D eigenvalue weighted by Crippen LogP contribution is -2.22. The number of methoxy groups -OCH3 is 1. The lowest BCUT2D eigenvalue weighted by molar-refractivity contribution is 0.0899. The molecule has 3 aromatic rings. The Hall–Kier alpha value is -1.89. The molecule has 0 aliphatic carbocycles. The molecule has 3 heterocycles. The molecular weight excluding hydrogens is 366 g/mol. The topological polar surface area (TPSA) is 49.2 Å². The van der Waals surface area contributed by atoms with Gasteiger partial charge in [-0.25, -0.2) is 9.97 Å². The van der Waals surface area contributed by atoms with E-state index in [-0.39, 0.29) is 0 Å². The fraction of sp³-hybridized carbons (Fsp3) is 0.368. The van der Waals surface area contributed by atoms with E-state index in [1.54, 1.807) is 19.4 Å². The highest BCUT2D eigenvalue weighted by Gasteiger charge is 2.17. The predicted octanol–water partition coefficient (Wildman–Crippen LogP) is 5.07. The van der Waals surface area contributed by atoms with E-state index in [2.05, 4.69) is 29.6 Å². The van der Waals surface area contributed by atoms with Crippen LogP contribution in [0.15, 0.2) is 36.7 Å². The minimum atomic E-state index is -1.11. The third-order valence-electron chi connectivity index (χ3n) is 4.17. The monoisotopic (exact) mass is 389 g/mol. The summed E-state index contributed by atoms with van der Waals surface area (Å²) in [6, 6.07) is 8.79. The van der Waals surface area contributed by atoms with E-state index in [1.807, 2.05) is 29.0 Å². The number of hydrogen-bond donors (Lipinski definition) is 0. The second-order valence-corrected chi connectivity index (χ2v) is 13.4. The van der Waals surface area contributed by atoms with Gasteiger partial charge in [0.05, 0.1) is 7.11 Å². The number of ether oxygens (including phenoxy) is 2. The molecule has 0 aliphatic heterocycles. The Kier molecular flexibility index (Phi) is 5.65. The van der Waals surface area contributed by atoms with Crippen molar-refractivity contribution in [2.24, 2.45) is 0 Å². The summed E-state index contributed by atoms with van der Waals surface area (Å²) in [5, 5.41) is 1.46. The molecule has 0 radical (unpaired) electrons. The Bertz CT molecular complexity index is 905. The fourth-order valence-electron chi connectivity index (χ4n) is 2.75.